The standard InChI is InChI=1S/C19H21F2N3O3/c1-19(14-4-8-16(21)9-5-14,10-13-2-6-15(20)7-3-13)24-17(25)11-22-23-12-18(26)27/h2-9,22-23H,10-12H2,1H3,(H,24,25)(H,26,27). The highest BCUT2D eigenvalue weighted by Crippen LogP contribution is 2.26. The molecule has 0 spiro atoms. The number of hydrogen-bond donors (Lipinski definition) is 4. The zero-order chi connectivity index (χ0) is 19.9. The summed E-state index contributed by atoms with van der Waals surface area (Å²) in [6.45, 7) is 1.29. The lowest BCUT2D eigenvalue weighted by molar-refractivity contribution is -0.136. The third kappa shape index (κ3) is 6.43. The van der Waals surface area contributed by atoms with Crippen molar-refractivity contribution in [1.82, 2.24) is 16.2 Å². The maximum atomic E-state index is 13.3. The second-order valence-electron chi connectivity index (χ2n) is 6.29. The summed E-state index contributed by atoms with van der Waals surface area (Å²) in [6.07, 6.45) is 0.354. The van der Waals surface area contributed by atoms with Crippen LogP contribution in [0.4, 0.5) is 8.78 Å². The van der Waals surface area contributed by atoms with Gasteiger partial charge in [0.25, 0.3) is 0 Å². The Balaban J connectivity index is 2.13. The molecule has 8 heteroatoms. The quantitative estimate of drug-likeness (QED) is 0.395. The molecular formula is C19H21F2N3O3. The summed E-state index contributed by atoms with van der Waals surface area (Å²) in [5.74, 6) is -2.20. The number of benzene rings is 2. The monoisotopic (exact) mass is 377 g/mol. The third-order valence-electron chi connectivity index (χ3n) is 3.98. The second kappa shape index (κ2) is 9.20. The predicted molar refractivity (Wildman–Crippen MR) is 95.6 cm³/mol. The van der Waals surface area contributed by atoms with Gasteiger partial charge in [0.1, 0.15) is 18.2 Å². The van der Waals surface area contributed by atoms with E-state index in [1.807, 2.05) is 0 Å². The molecule has 0 aliphatic carbocycles. The molecule has 0 aromatic heterocycles. The van der Waals surface area contributed by atoms with Crippen molar-refractivity contribution in [3.05, 3.63) is 71.3 Å². The first-order chi connectivity index (χ1) is 12.8. The van der Waals surface area contributed by atoms with Gasteiger partial charge in [-0.2, -0.15) is 0 Å². The molecule has 0 aliphatic rings. The maximum absolute atomic E-state index is 13.3. The van der Waals surface area contributed by atoms with Crippen LogP contribution in [-0.4, -0.2) is 30.1 Å². The molecule has 0 saturated heterocycles. The molecule has 2 rings (SSSR count). The van der Waals surface area contributed by atoms with Crippen molar-refractivity contribution < 1.29 is 23.5 Å². The first-order valence-corrected chi connectivity index (χ1v) is 8.27. The van der Waals surface area contributed by atoms with Crippen molar-refractivity contribution in [2.24, 2.45) is 0 Å². The third-order valence-corrected chi connectivity index (χ3v) is 3.98. The Kier molecular flexibility index (Phi) is 6.98. The molecule has 0 fully saturated rings. The van der Waals surface area contributed by atoms with E-state index in [4.69, 9.17) is 5.11 Å². The van der Waals surface area contributed by atoms with Crippen molar-refractivity contribution in [2.45, 2.75) is 18.9 Å². The largest absolute Gasteiger partial charge is 0.480 e. The Hall–Kier alpha value is -2.84. The van der Waals surface area contributed by atoms with Crippen LogP contribution in [0.2, 0.25) is 0 Å². The van der Waals surface area contributed by atoms with Gasteiger partial charge in [-0.1, -0.05) is 24.3 Å². The highest BCUT2D eigenvalue weighted by Gasteiger charge is 2.29. The van der Waals surface area contributed by atoms with Crippen molar-refractivity contribution in [3.8, 4) is 0 Å². The highest BCUT2D eigenvalue weighted by atomic mass is 19.1. The lowest BCUT2D eigenvalue weighted by atomic mass is 9.85. The molecule has 0 radical (unpaired) electrons. The number of carboxylic acids is 1. The first-order valence-electron chi connectivity index (χ1n) is 8.27. The minimum absolute atomic E-state index is 0.159. The molecule has 0 bridgehead atoms. The number of halogens is 2. The van der Waals surface area contributed by atoms with E-state index in [1.54, 1.807) is 31.2 Å². The van der Waals surface area contributed by atoms with Gasteiger partial charge in [-0.15, -0.1) is 0 Å². The topological polar surface area (TPSA) is 90.5 Å². The fourth-order valence-corrected chi connectivity index (χ4v) is 2.68. The van der Waals surface area contributed by atoms with Crippen molar-refractivity contribution in [1.29, 1.82) is 0 Å². The van der Waals surface area contributed by atoms with Crippen molar-refractivity contribution in [3.63, 3.8) is 0 Å². The van der Waals surface area contributed by atoms with E-state index in [0.717, 1.165) is 5.56 Å². The molecule has 0 heterocycles. The molecular weight excluding hydrogens is 356 g/mol. The van der Waals surface area contributed by atoms with E-state index in [1.165, 1.54) is 24.3 Å². The van der Waals surface area contributed by atoms with Gasteiger partial charge in [-0.3, -0.25) is 9.59 Å². The van der Waals surface area contributed by atoms with Crippen LogP contribution in [0.3, 0.4) is 0 Å². The highest BCUT2D eigenvalue weighted by molar-refractivity contribution is 5.79. The molecule has 27 heavy (non-hydrogen) atoms. The van der Waals surface area contributed by atoms with Gasteiger partial charge >= 0.3 is 5.97 Å². The first kappa shape index (κ1) is 20.5. The Bertz CT molecular complexity index is 782. The Labute approximate surface area is 155 Å². The Morgan fingerprint density at radius 2 is 1.44 bits per heavy atom. The van der Waals surface area contributed by atoms with Crippen LogP contribution in [0.25, 0.3) is 0 Å². The van der Waals surface area contributed by atoms with Crippen LogP contribution in [-0.2, 0) is 21.5 Å². The Morgan fingerprint density at radius 3 is 2.00 bits per heavy atom. The number of carbonyl (C=O) groups excluding carboxylic acids is 1. The summed E-state index contributed by atoms with van der Waals surface area (Å²) < 4.78 is 26.4. The second-order valence-corrected chi connectivity index (χ2v) is 6.29. The normalized spacial score (nSPS) is 13.0. The van der Waals surface area contributed by atoms with Gasteiger partial charge in [-0.05, 0) is 48.7 Å². The molecule has 6 nitrogen and oxygen atoms in total. The van der Waals surface area contributed by atoms with E-state index in [0.29, 0.717) is 12.0 Å². The van der Waals surface area contributed by atoms with Crippen LogP contribution in [0.5, 0.6) is 0 Å². The number of aliphatic carboxylic acids is 1. The average molecular weight is 377 g/mol. The van der Waals surface area contributed by atoms with E-state index in [-0.39, 0.29) is 24.8 Å². The number of rotatable bonds is 9. The van der Waals surface area contributed by atoms with Crippen LogP contribution < -0.4 is 16.2 Å². The Morgan fingerprint density at radius 1 is 0.926 bits per heavy atom. The maximum Gasteiger partial charge on any atom is 0.318 e. The summed E-state index contributed by atoms with van der Waals surface area (Å²) in [5, 5.41) is 11.4. The van der Waals surface area contributed by atoms with Crippen LogP contribution >= 0.6 is 0 Å². The summed E-state index contributed by atoms with van der Waals surface area (Å²) in [5.41, 5.74) is 5.52. The lowest BCUT2D eigenvalue weighted by Gasteiger charge is -2.32. The van der Waals surface area contributed by atoms with E-state index in [2.05, 4.69) is 16.2 Å². The lowest BCUT2D eigenvalue weighted by Crippen LogP contribution is -2.50. The fourth-order valence-electron chi connectivity index (χ4n) is 2.68. The number of hydrogen-bond acceptors (Lipinski definition) is 4. The molecule has 1 amide bonds. The summed E-state index contributed by atoms with van der Waals surface area (Å²) in [4.78, 5) is 22.7. The zero-order valence-corrected chi connectivity index (χ0v) is 14.8. The predicted octanol–water partition coefficient (Wildman–Crippen LogP) is 1.72. The number of nitrogens with one attached hydrogen (secondary N) is 3. The summed E-state index contributed by atoms with van der Waals surface area (Å²) in [6, 6.07) is 11.7. The number of hydrazine groups is 1. The van der Waals surface area contributed by atoms with Gasteiger partial charge < -0.3 is 10.4 Å². The van der Waals surface area contributed by atoms with Gasteiger partial charge in [0.2, 0.25) is 5.91 Å². The molecule has 0 saturated carbocycles. The molecule has 2 aromatic carbocycles. The van der Waals surface area contributed by atoms with E-state index < -0.39 is 17.3 Å². The van der Waals surface area contributed by atoms with E-state index >= 15 is 0 Å². The van der Waals surface area contributed by atoms with Crippen LogP contribution in [0.1, 0.15) is 18.1 Å². The summed E-state index contributed by atoms with van der Waals surface area (Å²) in [7, 11) is 0. The molecule has 0 aliphatic heterocycles. The fraction of sp³-hybridized carbons (Fsp3) is 0.263. The average Bonchev–Trinajstić information content (AvgIpc) is 2.61. The molecule has 2 aromatic rings. The van der Waals surface area contributed by atoms with Gasteiger partial charge in [0.05, 0.1) is 12.1 Å². The zero-order valence-electron chi connectivity index (χ0n) is 14.8. The minimum atomic E-state index is -1.06. The smallest absolute Gasteiger partial charge is 0.318 e. The van der Waals surface area contributed by atoms with Crippen molar-refractivity contribution in [2.75, 3.05) is 13.1 Å². The number of amides is 1. The molecule has 4 N–H and O–H groups in total. The van der Waals surface area contributed by atoms with Crippen LogP contribution in [0.15, 0.2) is 48.5 Å². The number of carboxylic acid groups (broad SMARTS) is 1. The van der Waals surface area contributed by atoms with Gasteiger partial charge in [0.15, 0.2) is 0 Å². The van der Waals surface area contributed by atoms with Crippen LogP contribution in [0, 0.1) is 11.6 Å². The molecule has 1 unspecified atom stereocenters. The number of carbonyl (C=O) groups is 2. The minimum Gasteiger partial charge on any atom is -0.480 e. The molecule has 1 atom stereocenters. The molecule has 144 valence electrons. The van der Waals surface area contributed by atoms with Gasteiger partial charge in [-0.25, -0.2) is 19.6 Å². The SMILES string of the molecule is CC(Cc1ccc(F)cc1)(NC(=O)CNNCC(=O)O)c1ccc(F)cc1. The summed E-state index contributed by atoms with van der Waals surface area (Å²) >= 11 is 0. The van der Waals surface area contributed by atoms with Crippen molar-refractivity contribution >= 4 is 11.9 Å². The van der Waals surface area contributed by atoms with E-state index in [9.17, 15) is 18.4 Å². The van der Waals surface area contributed by atoms with Gasteiger partial charge in [0, 0.05) is 0 Å².